The van der Waals surface area contributed by atoms with Crippen LogP contribution in [0.5, 0.6) is 0 Å². The van der Waals surface area contributed by atoms with Crippen molar-refractivity contribution in [3.8, 4) is 0 Å². The summed E-state index contributed by atoms with van der Waals surface area (Å²) in [4.78, 5) is 26.2. The normalized spacial score (nSPS) is 37.8. The van der Waals surface area contributed by atoms with Crippen LogP contribution in [0.4, 0.5) is 0 Å². The average Bonchev–Trinajstić information content (AvgIpc) is 2.70. The second-order valence-corrected chi connectivity index (χ2v) is 5.58. The zero-order chi connectivity index (χ0) is 14.9. The van der Waals surface area contributed by atoms with E-state index in [1.165, 1.54) is 7.11 Å². The molecule has 5 atom stereocenters. The summed E-state index contributed by atoms with van der Waals surface area (Å²) in [6.45, 7) is 6.98. The molecule has 0 spiro atoms. The molecule has 1 amide bonds. The zero-order valence-electron chi connectivity index (χ0n) is 12.5. The van der Waals surface area contributed by atoms with Crippen molar-refractivity contribution in [2.45, 2.75) is 39.0 Å². The summed E-state index contributed by atoms with van der Waals surface area (Å²) < 4.78 is 15.8. The Kier molecular flexibility index (Phi) is 4.65. The minimum absolute atomic E-state index is 0.0342. The lowest BCUT2D eigenvalue weighted by Crippen LogP contribution is -2.55. The van der Waals surface area contributed by atoms with Gasteiger partial charge < -0.3 is 19.1 Å². The maximum absolute atomic E-state index is 12.8. The fraction of sp³-hybridized carbons (Fsp3) is 0.857. The van der Waals surface area contributed by atoms with Crippen molar-refractivity contribution in [3.05, 3.63) is 0 Å². The molecule has 0 aliphatic carbocycles. The Labute approximate surface area is 119 Å². The van der Waals surface area contributed by atoms with Gasteiger partial charge in [0.15, 0.2) is 6.04 Å². The number of amides is 1. The van der Waals surface area contributed by atoms with E-state index in [-0.39, 0.29) is 36.6 Å². The quantitative estimate of drug-likeness (QED) is 0.689. The Morgan fingerprint density at radius 2 is 1.90 bits per heavy atom. The summed E-state index contributed by atoms with van der Waals surface area (Å²) in [5, 5.41) is 0. The van der Waals surface area contributed by atoms with Crippen molar-refractivity contribution >= 4 is 11.9 Å². The molecule has 0 N–H and O–H groups in total. The lowest BCUT2D eigenvalue weighted by Gasteiger charge is -2.36. The topological polar surface area (TPSA) is 65.1 Å². The molecule has 5 unspecified atom stereocenters. The fourth-order valence-electron chi connectivity index (χ4n) is 3.08. The molecule has 0 aromatic carbocycles. The van der Waals surface area contributed by atoms with Crippen molar-refractivity contribution in [2.75, 3.05) is 26.9 Å². The van der Waals surface area contributed by atoms with E-state index < -0.39 is 12.0 Å². The summed E-state index contributed by atoms with van der Waals surface area (Å²) in [7, 11) is 1.32. The summed E-state index contributed by atoms with van der Waals surface area (Å²) >= 11 is 0. The van der Waals surface area contributed by atoms with Crippen LogP contribution in [0.1, 0.15) is 20.8 Å². The smallest absolute Gasteiger partial charge is 0.331 e. The summed E-state index contributed by atoms with van der Waals surface area (Å²) in [5.74, 6) is -0.535. The van der Waals surface area contributed by atoms with Gasteiger partial charge in [0.2, 0.25) is 5.91 Å². The van der Waals surface area contributed by atoms with E-state index in [1.807, 2.05) is 20.8 Å². The van der Waals surface area contributed by atoms with Gasteiger partial charge in [-0.15, -0.1) is 0 Å². The third-order valence-corrected chi connectivity index (χ3v) is 4.41. The minimum atomic E-state index is -0.642. The third-order valence-electron chi connectivity index (χ3n) is 4.41. The van der Waals surface area contributed by atoms with Gasteiger partial charge in [-0.1, -0.05) is 6.92 Å². The number of ether oxygens (including phenoxy) is 3. The zero-order valence-corrected chi connectivity index (χ0v) is 12.5. The Hall–Kier alpha value is -1.14. The first-order chi connectivity index (χ1) is 9.47. The number of hydrogen-bond acceptors (Lipinski definition) is 5. The Bertz CT molecular complexity index is 386. The Balaban J connectivity index is 2.15. The molecule has 2 rings (SSSR count). The number of carbonyl (C=O) groups excluding carboxylic acids is 2. The maximum Gasteiger partial charge on any atom is 0.331 e. The molecule has 2 saturated heterocycles. The van der Waals surface area contributed by atoms with E-state index >= 15 is 0 Å². The van der Waals surface area contributed by atoms with Gasteiger partial charge in [-0.2, -0.15) is 0 Å². The highest BCUT2D eigenvalue weighted by atomic mass is 16.5. The van der Waals surface area contributed by atoms with E-state index in [0.29, 0.717) is 13.2 Å². The predicted octanol–water partition coefficient (Wildman–Crippen LogP) is 0.446. The molecular formula is C14H23NO5. The number of esters is 1. The average molecular weight is 285 g/mol. The van der Waals surface area contributed by atoms with Crippen LogP contribution in [0.25, 0.3) is 0 Å². The fourth-order valence-corrected chi connectivity index (χ4v) is 3.08. The molecule has 2 aliphatic rings. The SMILES string of the molecule is COC(=O)C1COCCN1C(=O)C1C(C)OC(C)C1C. The maximum atomic E-state index is 12.8. The molecule has 6 nitrogen and oxygen atoms in total. The molecule has 0 aromatic heterocycles. The molecule has 114 valence electrons. The summed E-state index contributed by atoms with van der Waals surface area (Å²) in [6, 6.07) is -0.642. The van der Waals surface area contributed by atoms with Gasteiger partial charge in [0.25, 0.3) is 0 Å². The van der Waals surface area contributed by atoms with E-state index in [1.54, 1.807) is 4.90 Å². The number of methoxy groups -OCH3 is 1. The van der Waals surface area contributed by atoms with Crippen LogP contribution < -0.4 is 0 Å². The lowest BCUT2D eigenvalue weighted by atomic mass is 9.88. The molecule has 6 heteroatoms. The summed E-state index contributed by atoms with van der Waals surface area (Å²) in [5.41, 5.74) is 0. The molecule has 0 bridgehead atoms. The number of nitrogens with zero attached hydrogens (tertiary/aromatic N) is 1. The van der Waals surface area contributed by atoms with Crippen molar-refractivity contribution in [3.63, 3.8) is 0 Å². The van der Waals surface area contributed by atoms with E-state index in [4.69, 9.17) is 14.2 Å². The Morgan fingerprint density at radius 1 is 1.20 bits per heavy atom. The number of hydrogen-bond donors (Lipinski definition) is 0. The molecule has 0 aromatic rings. The first-order valence-electron chi connectivity index (χ1n) is 7.09. The lowest BCUT2D eigenvalue weighted by molar-refractivity contribution is -0.163. The first kappa shape index (κ1) is 15.3. The van der Waals surface area contributed by atoms with Crippen LogP contribution in [-0.2, 0) is 23.8 Å². The van der Waals surface area contributed by atoms with Crippen LogP contribution in [-0.4, -0.2) is 61.9 Å². The highest BCUT2D eigenvalue weighted by Gasteiger charge is 2.46. The van der Waals surface area contributed by atoms with Gasteiger partial charge in [-0.05, 0) is 19.8 Å². The predicted molar refractivity (Wildman–Crippen MR) is 71.0 cm³/mol. The molecule has 2 fully saturated rings. The Morgan fingerprint density at radius 3 is 2.45 bits per heavy atom. The number of morpholine rings is 1. The summed E-state index contributed by atoms with van der Waals surface area (Å²) in [6.07, 6.45) is -0.0785. The van der Waals surface area contributed by atoms with Gasteiger partial charge in [0.1, 0.15) is 0 Å². The standard InChI is InChI=1S/C14H23NO5/c1-8-9(2)20-10(3)12(8)13(16)15-5-6-19-7-11(15)14(17)18-4/h8-12H,5-7H2,1-4H3. The van der Waals surface area contributed by atoms with Crippen molar-refractivity contribution in [2.24, 2.45) is 11.8 Å². The van der Waals surface area contributed by atoms with Gasteiger partial charge in [-0.25, -0.2) is 4.79 Å². The van der Waals surface area contributed by atoms with Gasteiger partial charge in [0, 0.05) is 6.54 Å². The van der Waals surface area contributed by atoms with Gasteiger partial charge >= 0.3 is 5.97 Å². The molecule has 2 heterocycles. The molecule has 0 radical (unpaired) electrons. The van der Waals surface area contributed by atoms with E-state index in [0.717, 1.165) is 0 Å². The molecule has 0 saturated carbocycles. The van der Waals surface area contributed by atoms with E-state index in [2.05, 4.69) is 0 Å². The third kappa shape index (κ3) is 2.67. The van der Waals surface area contributed by atoms with Crippen LogP contribution in [0.2, 0.25) is 0 Å². The second-order valence-electron chi connectivity index (χ2n) is 5.58. The van der Waals surface area contributed by atoms with E-state index in [9.17, 15) is 9.59 Å². The minimum Gasteiger partial charge on any atom is -0.467 e. The van der Waals surface area contributed by atoms with Crippen LogP contribution in [0, 0.1) is 11.8 Å². The highest BCUT2D eigenvalue weighted by Crippen LogP contribution is 2.34. The number of carbonyl (C=O) groups is 2. The second kappa shape index (κ2) is 6.10. The largest absolute Gasteiger partial charge is 0.467 e. The van der Waals surface area contributed by atoms with Crippen molar-refractivity contribution < 1.29 is 23.8 Å². The molecule has 20 heavy (non-hydrogen) atoms. The number of rotatable bonds is 2. The highest BCUT2D eigenvalue weighted by molar-refractivity contribution is 5.86. The monoisotopic (exact) mass is 285 g/mol. The molecular weight excluding hydrogens is 262 g/mol. The van der Waals surface area contributed by atoms with Crippen molar-refractivity contribution in [1.29, 1.82) is 0 Å². The van der Waals surface area contributed by atoms with Crippen molar-refractivity contribution in [1.82, 2.24) is 4.90 Å². The van der Waals surface area contributed by atoms with Crippen LogP contribution in [0.15, 0.2) is 0 Å². The first-order valence-corrected chi connectivity index (χ1v) is 7.09. The van der Waals surface area contributed by atoms with Gasteiger partial charge in [-0.3, -0.25) is 4.79 Å². The van der Waals surface area contributed by atoms with Crippen LogP contribution >= 0.6 is 0 Å². The molecule has 2 aliphatic heterocycles. The van der Waals surface area contributed by atoms with Crippen LogP contribution in [0.3, 0.4) is 0 Å². The van der Waals surface area contributed by atoms with Gasteiger partial charge in [0.05, 0.1) is 38.4 Å².